The van der Waals surface area contributed by atoms with Crippen LogP contribution < -0.4 is 5.32 Å². The van der Waals surface area contributed by atoms with Crippen LogP contribution in [0.5, 0.6) is 0 Å². The minimum atomic E-state index is -3.32. The zero-order valence-electron chi connectivity index (χ0n) is 17.0. The molecule has 7 nitrogen and oxygen atoms in total. The second-order valence-electron chi connectivity index (χ2n) is 7.17. The van der Waals surface area contributed by atoms with Gasteiger partial charge in [0, 0.05) is 17.0 Å². The Kier molecular flexibility index (Phi) is 5.59. The number of carbonyl (C=O) groups excluding carboxylic acids is 1. The lowest BCUT2D eigenvalue weighted by molar-refractivity contribution is 0.102. The van der Waals surface area contributed by atoms with Crippen molar-refractivity contribution in [1.82, 2.24) is 14.8 Å². The number of rotatable bonds is 5. The second kappa shape index (κ2) is 8.07. The van der Waals surface area contributed by atoms with Gasteiger partial charge in [0.15, 0.2) is 15.0 Å². The van der Waals surface area contributed by atoms with Crippen LogP contribution in [0.15, 0.2) is 47.4 Å². The number of hydrogen-bond acceptors (Lipinski definition) is 6. The van der Waals surface area contributed by atoms with Gasteiger partial charge in [-0.3, -0.25) is 14.8 Å². The molecule has 4 aromatic rings. The van der Waals surface area contributed by atoms with Crippen LogP contribution in [0, 0.1) is 13.8 Å². The number of amides is 1. The Labute approximate surface area is 188 Å². The Morgan fingerprint density at radius 2 is 1.94 bits per heavy atom. The van der Waals surface area contributed by atoms with Crippen molar-refractivity contribution in [2.75, 3.05) is 11.6 Å². The molecule has 0 atom stereocenters. The third-order valence-electron chi connectivity index (χ3n) is 4.90. The molecule has 0 unspecified atom stereocenters. The number of sulfone groups is 1. The van der Waals surface area contributed by atoms with Gasteiger partial charge in [-0.15, -0.1) is 0 Å². The molecular formula is C21H19ClN4O3S2. The maximum Gasteiger partial charge on any atom is 0.261 e. The van der Waals surface area contributed by atoms with E-state index in [2.05, 4.69) is 15.4 Å². The molecule has 0 aliphatic carbocycles. The van der Waals surface area contributed by atoms with Gasteiger partial charge in [-0.25, -0.2) is 13.4 Å². The molecule has 0 radical (unpaired) electrons. The summed E-state index contributed by atoms with van der Waals surface area (Å²) in [5.74, 6) is -0.317. The Hall–Kier alpha value is -2.75. The zero-order valence-corrected chi connectivity index (χ0v) is 19.4. The molecule has 1 amide bonds. The van der Waals surface area contributed by atoms with E-state index in [1.807, 2.05) is 31.2 Å². The lowest BCUT2D eigenvalue weighted by atomic mass is 10.2. The van der Waals surface area contributed by atoms with Crippen molar-refractivity contribution < 1.29 is 13.2 Å². The highest BCUT2D eigenvalue weighted by molar-refractivity contribution is 7.90. The molecule has 0 fully saturated rings. The first-order valence-corrected chi connectivity index (χ1v) is 12.4. The van der Waals surface area contributed by atoms with Crippen LogP contribution in [0.25, 0.3) is 10.2 Å². The van der Waals surface area contributed by atoms with Gasteiger partial charge in [0.1, 0.15) is 0 Å². The molecule has 2 aromatic heterocycles. The number of aromatic nitrogens is 3. The fourth-order valence-electron chi connectivity index (χ4n) is 3.32. The Morgan fingerprint density at radius 3 is 2.65 bits per heavy atom. The van der Waals surface area contributed by atoms with Crippen molar-refractivity contribution in [2.24, 2.45) is 0 Å². The molecular weight excluding hydrogens is 456 g/mol. The number of fused-ring (bicyclic) bond motifs is 1. The molecule has 2 heterocycles. The van der Waals surface area contributed by atoms with E-state index >= 15 is 0 Å². The standard InChI is InChI=1S/C21H19ClN4O3S2/c1-12-19(13(2)26(25-12)11-14-6-4-5-7-16(14)22)20(27)24-21-23-17-9-8-15(31(3,28)29)10-18(17)30-21/h4-10H,11H2,1-3H3,(H,23,24,27). The maximum atomic E-state index is 13.0. The van der Waals surface area contributed by atoms with Gasteiger partial charge in [-0.1, -0.05) is 41.1 Å². The van der Waals surface area contributed by atoms with E-state index in [-0.39, 0.29) is 10.8 Å². The summed E-state index contributed by atoms with van der Waals surface area (Å²) in [5, 5.41) is 8.35. The van der Waals surface area contributed by atoms with Crippen LogP contribution in [0.4, 0.5) is 5.13 Å². The number of aryl methyl sites for hydroxylation is 1. The highest BCUT2D eigenvalue weighted by Crippen LogP contribution is 2.29. The molecule has 1 N–H and O–H groups in total. The zero-order chi connectivity index (χ0) is 22.3. The number of benzene rings is 2. The van der Waals surface area contributed by atoms with Crippen LogP contribution in [0.2, 0.25) is 5.02 Å². The summed E-state index contributed by atoms with van der Waals surface area (Å²) >= 11 is 7.48. The second-order valence-corrected chi connectivity index (χ2v) is 10.6. The molecule has 0 aliphatic rings. The number of anilines is 1. The highest BCUT2D eigenvalue weighted by Gasteiger charge is 2.21. The number of hydrogen-bond donors (Lipinski definition) is 1. The minimum Gasteiger partial charge on any atom is -0.298 e. The lowest BCUT2D eigenvalue weighted by Gasteiger charge is -2.07. The largest absolute Gasteiger partial charge is 0.298 e. The number of carbonyl (C=O) groups is 1. The van der Waals surface area contributed by atoms with Crippen molar-refractivity contribution in [3.63, 3.8) is 0 Å². The molecule has 0 bridgehead atoms. The van der Waals surface area contributed by atoms with Gasteiger partial charge >= 0.3 is 0 Å². The van der Waals surface area contributed by atoms with Crippen LogP contribution in [-0.2, 0) is 16.4 Å². The number of halogens is 1. The molecule has 0 saturated heterocycles. The van der Waals surface area contributed by atoms with Gasteiger partial charge in [0.05, 0.1) is 32.9 Å². The number of thiazole rings is 1. The SMILES string of the molecule is Cc1nn(Cc2ccccc2Cl)c(C)c1C(=O)Nc1nc2ccc(S(C)(=O)=O)cc2s1. The van der Waals surface area contributed by atoms with E-state index in [0.717, 1.165) is 17.5 Å². The minimum absolute atomic E-state index is 0.217. The summed E-state index contributed by atoms with van der Waals surface area (Å²) in [5.41, 5.74) is 3.33. The normalized spacial score (nSPS) is 11.7. The highest BCUT2D eigenvalue weighted by atomic mass is 35.5. The topological polar surface area (TPSA) is 93.9 Å². The molecule has 4 rings (SSSR count). The molecule has 160 valence electrons. The number of nitrogens with one attached hydrogen (secondary N) is 1. The van der Waals surface area contributed by atoms with E-state index in [1.165, 1.54) is 17.4 Å². The van der Waals surface area contributed by atoms with Gasteiger partial charge in [-0.05, 0) is 43.7 Å². The average molecular weight is 475 g/mol. The van der Waals surface area contributed by atoms with Crippen molar-refractivity contribution >= 4 is 54.0 Å². The molecule has 31 heavy (non-hydrogen) atoms. The first-order chi connectivity index (χ1) is 14.6. The third kappa shape index (κ3) is 4.34. The van der Waals surface area contributed by atoms with Gasteiger partial charge in [0.2, 0.25) is 0 Å². The van der Waals surface area contributed by atoms with E-state index in [9.17, 15) is 13.2 Å². The van der Waals surface area contributed by atoms with Crippen molar-refractivity contribution in [2.45, 2.75) is 25.3 Å². The van der Waals surface area contributed by atoms with Gasteiger partial charge < -0.3 is 0 Å². The first-order valence-electron chi connectivity index (χ1n) is 9.33. The van der Waals surface area contributed by atoms with E-state index < -0.39 is 9.84 Å². The lowest BCUT2D eigenvalue weighted by Crippen LogP contribution is -2.14. The average Bonchev–Trinajstić information content (AvgIpc) is 3.21. The van der Waals surface area contributed by atoms with Crippen LogP contribution in [-0.4, -0.2) is 35.3 Å². The quantitative estimate of drug-likeness (QED) is 0.460. The predicted molar refractivity (Wildman–Crippen MR) is 123 cm³/mol. The van der Waals surface area contributed by atoms with Crippen LogP contribution in [0.3, 0.4) is 0 Å². The van der Waals surface area contributed by atoms with E-state index in [0.29, 0.717) is 38.2 Å². The molecule has 0 spiro atoms. The summed E-state index contributed by atoms with van der Waals surface area (Å²) in [7, 11) is -3.32. The Balaban J connectivity index is 1.60. The Morgan fingerprint density at radius 1 is 1.19 bits per heavy atom. The smallest absolute Gasteiger partial charge is 0.261 e. The molecule has 2 aromatic carbocycles. The molecule has 10 heteroatoms. The van der Waals surface area contributed by atoms with Crippen molar-refractivity contribution in [3.8, 4) is 0 Å². The van der Waals surface area contributed by atoms with Crippen LogP contribution in [0.1, 0.15) is 27.3 Å². The fourth-order valence-corrected chi connectivity index (χ4v) is 5.13. The monoisotopic (exact) mass is 474 g/mol. The summed E-state index contributed by atoms with van der Waals surface area (Å²) in [6.07, 6.45) is 1.16. The van der Waals surface area contributed by atoms with E-state index in [4.69, 9.17) is 11.6 Å². The maximum absolute atomic E-state index is 13.0. The summed E-state index contributed by atoms with van der Waals surface area (Å²) in [4.78, 5) is 17.6. The van der Waals surface area contributed by atoms with Gasteiger partial charge in [-0.2, -0.15) is 5.10 Å². The molecule has 0 saturated carbocycles. The van der Waals surface area contributed by atoms with Crippen LogP contribution >= 0.6 is 22.9 Å². The summed E-state index contributed by atoms with van der Waals surface area (Å²) < 4.78 is 26.0. The first kappa shape index (κ1) is 21.5. The van der Waals surface area contributed by atoms with Crippen molar-refractivity contribution in [3.05, 3.63) is 70.0 Å². The fraction of sp³-hybridized carbons (Fsp3) is 0.190. The molecule has 0 aliphatic heterocycles. The van der Waals surface area contributed by atoms with E-state index in [1.54, 1.807) is 23.7 Å². The number of nitrogens with zero attached hydrogens (tertiary/aromatic N) is 3. The summed E-state index contributed by atoms with van der Waals surface area (Å²) in [6, 6.07) is 12.2. The van der Waals surface area contributed by atoms with Gasteiger partial charge in [0.25, 0.3) is 5.91 Å². The van der Waals surface area contributed by atoms with Crippen molar-refractivity contribution in [1.29, 1.82) is 0 Å². The summed E-state index contributed by atoms with van der Waals surface area (Å²) in [6.45, 7) is 4.07. The Bertz CT molecular complexity index is 1420. The third-order valence-corrected chi connectivity index (χ3v) is 7.31. The predicted octanol–water partition coefficient (Wildman–Crippen LogP) is 4.47.